The number of thiazole rings is 1. The fourth-order valence-electron chi connectivity index (χ4n) is 6.31. The molecule has 4 aromatic rings. The monoisotopic (exact) mass is 764 g/mol. The normalized spacial score (nSPS) is 16.4. The zero-order valence-electron chi connectivity index (χ0n) is 31.0. The van der Waals surface area contributed by atoms with E-state index in [-0.39, 0.29) is 50.9 Å². The molecule has 0 bridgehead atoms. The first kappa shape index (κ1) is 40.4. The van der Waals surface area contributed by atoms with Gasteiger partial charge in [0.25, 0.3) is 5.69 Å². The van der Waals surface area contributed by atoms with E-state index in [2.05, 4.69) is 15.6 Å². The second-order valence-electron chi connectivity index (χ2n) is 14.2. The number of aromatic nitrogens is 2. The minimum Gasteiger partial charge on any atom is -0.391 e. The van der Waals surface area contributed by atoms with Gasteiger partial charge in [0.05, 0.1) is 71.0 Å². The van der Waals surface area contributed by atoms with Crippen molar-refractivity contribution in [1.29, 1.82) is 0 Å². The number of nitro benzene ring substituents is 1. The highest BCUT2D eigenvalue weighted by molar-refractivity contribution is 7.13. The van der Waals surface area contributed by atoms with Gasteiger partial charge in [0, 0.05) is 38.3 Å². The Morgan fingerprint density at radius 2 is 1.74 bits per heavy atom. The summed E-state index contributed by atoms with van der Waals surface area (Å²) in [6.45, 7) is 9.28. The second-order valence-corrected chi connectivity index (χ2v) is 15.1. The lowest BCUT2D eigenvalue weighted by Crippen LogP contribution is -2.58. The number of ether oxygens (including phenoxy) is 3. The molecule has 1 fully saturated rings. The average Bonchev–Trinajstić information content (AvgIpc) is 3.87. The SMILES string of the molecule is Cc1ncsc1-c1ccc(CNC(=O)[C@@H]2C[C@@H](O)CN2C(=O)C(NC(=O)COCCOCCOCCn2ccc3c([N+](=O)[O-])cccc32)C(C)(C)C)cc1. The summed E-state index contributed by atoms with van der Waals surface area (Å²) in [5.74, 6) is -1.32. The lowest BCUT2D eigenvalue weighted by Gasteiger charge is -2.35. The Bertz CT molecular complexity index is 1900. The lowest BCUT2D eigenvalue weighted by molar-refractivity contribution is -0.383. The van der Waals surface area contributed by atoms with Gasteiger partial charge in [0.15, 0.2) is 0 Å². The fraction of sp³-hybridized carbons (Fsp3) is 0.474. The van der Waals surface area contributed by atoms with E-state index in [0.717, 1.165) is 27.2 Å². The number of aliphatic hydroxyl groups is 1. The number of carbonyl (C=O) groups is 3. The number of nitrogens with zero attached hydrogens (tertiary/aromatic N) is 4. The van der Waals surface area contributed by atoms with Gasteiger partial charge < -0.3 is 39.4 Å². The zero-order chi connectivity index (χ0) is 38.8. The standard InChI is InChI=1S/C38H48N6O9S/c1-25-34(54-24-40-25)27-10-8-26(9-11-27)21-39-36(47)32-20-28(45)22-43(32)37(48)35(38(2,3)4)41-33(46)23-53-19-18-52-17-16-51-15-14-42-13-12-29-30(42)6-5-7-31(29)44(49)50/h5-13,24,28,32,35,45H,14-23H2,1-4H3,(H,39,47)(H,41,46)/t28-,32+,35?/m1/s1. The molecule has 2 aromatic carbocycles. The van der Waals surface area contributed by atoms with E-state index in [1.54, 1.807) is 35.2 Å². The van der Waals surface area contributed by atoms with Crippen LogP contribution >= 0.6 is 11.3 Å². The Morgan fingerprint density at radius 3 is 2.41 bits per heavy atom. The number of carbonyl (C=O) groups excluding carboxylic acids is 3. The number of aryl methyl sites for hydroxylation is 1. The van der Waals surface area contributed by atoms with Crippen molar-refractivity contribution >= 4 is 45.6 Å². The summed E-state index contributed by atoms with van der Waals surface area (Å²) in [6, 6.07) is 12.7. The molecule has 54 heavy (non-hydrogen) atoms. The molecule has 290 valence electrons. The molecule has 3 N–H and O–H groups in total. The molecule has 1 unspecified atom stereocenters. The van der Waals surface area contributed by atoms with E-state index < -0.39 is 40.3 Å². The maximum Gasteiger partial charge on any atom is 0.278 e. The topological polar surface area (TPSA) is 187 Å². The molecule has 0 radical (unpaired) electrons. The van der Waals surface area contributed by atoms with Crippen LogP contribution in [0.3, 0.4) is 0 Å². The van der Waals surface area contributed by atoms with E-state index in [9.17, 15) is 29.6 Å². The molecular weight excluding hydrogens is 717 g/mol. The summed E-state index contributed by atoms with van der Waals surface area (Å²) in [6.07, 6.45) is 1.02. The van der Waals surface area contributed by atoms with Crippen molar-refractivity contribution in [2.24, 2.45) is 5.41 Å². The third kappa shape index (κ3) is 10.5. The molecule has 3 amide bonds. The number of nitrogens with one attached hydrogen (secondary N) is 2. The van der Waals surface area contributed by atoms with Crippen molar-refractivity contribution in [3.05, 3.63) is 81.6 Å². The van der Waals surface area contributed by atoms with Gasteiger partial charge in [-0.15, -0.1) is 11.3 Å². The molecule has 1 aliphatic heterocycles. The Balaban J connectivity index is 1.00. The highest BCUT2D eigenvalue weighted by Crippen LogP contribution is 2.29. The Morgan fingerprint density at radius 1 is 1.04 bits per heavy atom. The summed E-state index contributed by atoms with van der Waals surface area (Å²) >= 11 is 1.57. The second kappa shape index (κ2) is 18.5. The first-order chi connectivity index (χ1) is 25.8. The summed E-state index contributed by atoms with van der Waals surface area (Å²) in [4.78, 5) is 57.6. The number of likely N-dealkylation sites (tertiary alicyclic amines) is 1. The molecule has 3 heterocycles. The zero-order valence-corrected chi connectivity index (χ0v) is 31.8. The number of benzene rings is 2. The van der Waals surface area contributed by atoms with Gasteiger partial charge in [-0.2, -0.15) is 0 Å². The summed E-state index contributed by atoms with van der Waals surface area (Å²) in [5.41, 5.74) is 4.84. The Hall–Kier alpha value is -4.74. The molecule has 3 atom stereocenters. The van der Waals surface area contributed by atoms with Crippen LogP contribution in [0.1, 0.15) is 38.4 Å². The summed E-state index contributed by atoms with van der Waals surface area (Å²) in [5, 5.41) is 28.0. The van der Waals surface area contributed by atoms with Gasteiger partial charge >= 0.3 is 0 Å². The van der Waals surface area contributed by atoms with Crippen LogP contribution in [-0.2, 0) is 41.7 Å². The van der Waals surface area contributed by atoms with E-state index >= 15 is 0 Å². The number of rotatable bonds is 18. The van der Waals surface area contributed by atoms with Crippen LogP contribution in [0.2, 0.25) is 0 Å². The maximum atomic E-state index is 13.8. The highest BCUT2D eigenvalue weighted by atomic mass is 32.1. The molecule has 2 aromatic heterocycles. The number of hydrogen-bond donors (Lipinski definition) is 3. The van der Waals surface area contributed by atoms with Crippen molar-refractivity contribution in [1.82, 2.24) is 25.1 Å². The largest absolute Gasteiger partial charge is 0.391 e. The number of hydrogen-bond acceptors (Lipinski definition) is 11. The molecule has 15 nitrogen and oxygen atoms in total. The van der Waals surface area contributed by atoms with Gasteiger partial charge in [-0.05, 0) is 35.6 Å². The third-order valence-corrected chi connectivity index (χ3v) is 10.1. The van der Waals surface area contributed by atoms with Crippen molar-refractivity contribution in [2.75, 3.05) is 46.2 Å². The predicted octanol–water partition coefficient (Wildman–Crippen LogP) is 3.84. The lowest BCUT2D eigenvalue weighted by atomic mass is 9.85. The fourth-order valence-corrected chi connectivity index (χ4v) is 7.12. The number of amides is 3. The van der Waals surface area contributed by atoms with Crippen LogP contribution < -0.4 is 10.6 Å². The molecule has 5 rings (SSSR count). The number of nitro groups is 1. The molecule has 0 saturated carbocycles. The molecule has 1 aliphatic rings. The van der Waals surface area contributed by atoms with Gasteiger partial charge in [-0.25, -0.2) is 4.98 Å². The molecular formula is C38H48N6O9S. The van der Waals surface area contributed by atoms with Crippen molar-refractivity contribution in [3.8, 4) is 10.4 Å². The number of non-ortho nitro benzene ring substituents is 1. The quantitative estimate of drug-likeness (QED) is 0.0764. The van der Waals surface area contributed by atoms with Crippen LogP contribution in [0, 0.1) is 22.5 Å². The minimum atomic E-state index is -0.968. The van der Waals surface area contributed by atoms with Crippen LogP contribution in [0.15, 0.2) is 60.2 Å². The van der Waals surface area contributed by atoms with Gasteiger partial charge in [-0.3, -0.25) is 24.5 Å². The van der Waals surface area contributed by atoms with Crippen LogP contribution in [-0.4, -0.2) is 107 Å². The summed E-state index contributed by atoms with van der Waals surface area (Å²) < 4.78 is 18.6. The smallest absolute Gasteiger partial charge is 0.278 e. The van der Waals surface area contributed by atoms with E-state index in [4.69, 9.17) is 14.2 Å². The maximum absolute atomic E-state index is 13.8. The van der Waals surface area contributed by atoms with Crippen molar-refractivity contribution < 1.29 is 38.6 Å². The van der Waals surface area contributed by atoms with Gasteiger partial charge in [-0.1, -0.05) is 51.1 Å². The Kier molecular flexibility index (Phi) is 13.9. The van der Waals surface area contributed by atoms with E-state index in [1.165, 1.54) is 11.0 Å². The third-order valence-electron chi connectivity index (χ3n) is 9.15. The molecule has 16 heteroatoms. The molecule has 0 spiro atoms. The van der Waals surface area contributed by atoms with E-state index in [0.29, 0.717) is 31.8 Å². The van der Waals surface area contributed by atoms with Crippen LogP contribution in [0.5, 0.6) is 0 Å². The van der Waals surface area contributed by atoms with Crippen molar-refractivity contribution in [3.63, 3.8) is 0 Å². The molecule has 0 aliphatic carbocycles. The highest BCUT2D eigenvalue weighted by Gasteiger charge is 2.44. The summed E-state index contributed by atoms with van der Waals surface area (Å²) in [7, 11) is 0. The molecule has 1 saturated heterocycles. The number of aliphatic hydroxyl groups excluding tert-OH is 1. The first-order valence-electron chi connectivity index (χ1n) is 17.8. The van der Waals surface area contributed by atoms with Crippen LogP contribution in [0.25, 0.3) is 21.3 Å². The predicted molar refractivity (Wildman–Crippen MR) is 203 cm³/mol. The Labute approximate surface area is 317 Å². The average molecular weight is 765 g/mol. The number of fused-ring (bicyclic) bond motifs is 1. The van der Waals surface area contributed by atoms with Gasteiger partial charge in [0.2, 0.25) is 17.7 Å². The van der Waals surface area contributed by atoms with Gasteiger partial charge in [0.1, 0.15) is 18.7 Å². The minimum absolute atomic E-state index is 0.0200. The van der Waals surface area contributed by atoms with E-state index in [1.807, 2.05) is 62.6 Å². The number of β-amino-alcohol motifs (C(OH)–C–C–N with tert-alkyl or cyclic N) is 1. The first-order valence-corrected chi connectivity index (χ1v) is 18.7. The van der Waals surface area contributed by atoms with Crippen molar-refractivity contribution in [2.45, 2.75) is 65.4 Å². The van der Waals surface area contributed by atoms with Crippen LogP contribution in [0.4, 0.5) is 5.69 Å².